The fraction of sp³-hybridized carbons (Fsp3) is 0.308. The van der Waals surface area contributed by atoms with Crippen molar-refractivity contribution in [1.82, 2.24) is 9.78 Å². The molecular formula is C13H16FN3O. The van der Waals surface area contributed by atoms with E-state index in [-0.39, 0.29) is 17.6 Å². The molecule has 1 aromatic carbocycles. The predicted molar refractivity (Wildman–Crippen MR) is 68.2 cm³/mol. The monoisotopic (exact) mass is 249 g/mol. The van der Waals surface area contributed by atoms with E-state index in [0.717, 1.165) is 5.56 Å². The number of hydrogen-bond donors (Lipinski definition) is 1. The third-order valence-electron chi connectivity index (χ3n) is 2.76. The van der Waals surface area contributed by atoms with Crippen LogP contribution in [0, 0.1) is 5.82 Å². The molecule has 18 heavy (non-hydrogen) atoms. The number of halogens is 1. The molecule has 2 aromatic rings. The van der Waals surface area contributed by atoms with Gasteiger partial charge in [-0.05, 0) is 19.1 Å². The zero-order valence-electron chi connectivity index (χ0n) is 10.6. The van der Waals surface area contributed by atoms with Crippen LogP contribution < -0.4 is 10.1 Å². The van der Waals surface area contributed by atoms with E-state index in [1.807, 2.05) is 20.2 Å². The van der Waals surface area contributed by atoms with Crippen LogP contribution in [0.25, 0.3) is 0 Å². The molecule has 2 rings (SSSR count). The lowest BCUT2D eigenvalue weighted by molar-refractivity contribution is 0.386. The molecule has 0 saturated heterocycles. The van der Waals surface area contributed by atoms with Crippen molar-refractivity contribution in [3.8, 4) is 5.75 Å². The van der Waals surface area contributed by atoms with Gasteiger partial charge in [-0.2, -0.15) is 5.10 Å². The van der Waals surface area contributed by atoms with Gasteiger partial charge in [-0.15, -0.1) is 0 Å². The molecule has 4 nitrogen and oxygen atoms in total. The summed E-state index contributed by atoms with van der Waals surface area (Å²) in [5.74, 6) is -0.129. The number of nitrogens with one attached hydrogen (secondary N) is 1. The molecule has 1 atom stereocenters. The molecule has 0 radical (unpaired) electrons. The summed E-state index contributed by atoms with van der Waals surface area (Å²) in [6, 6.07) is 4.88. The van der Waals surface area contributed by atoms with Gasteiger partial charge in [0.15, 0.2) is 11.6 Å². The number of anilines is 1. The molecule has 1 aromatic heterocycles. The van der Waals surface area contributed by atoms with E-state index in [1.165, 1.54) is 13.2 Å². The summed E-state index contributed by atoms with van der Waals surface area (Å²) in [4.78, 5) is 0. The van der Waals surface area contributed by atoms with Crippen LogP contribution in [0.5, 0.6) is 5.75 Å². The highest BCUT2D eigenvalue weighted by molar-refractivity contribution is 5.48. The summed E-state index contributed by atoms with van der Waals surface area (Å²) in [7, 11) is 3.31. The fourth-order valence-corrected chi connectivity index (χ4v) is 1.75. The summed E-state index contributed by atoms with van der Waals surface area (Å²) in [6.07, 6.45) is 3.72. The molecule has 5 heteroatoms. The number of nitrogens with zero attached hydrogens (tertiary/aromatic N) is 2. The fourth-order valence-electron chi connectivity index (χ4n) is 1.75. The van der Waals surface area contributed by atoms with Crippen molar-refractivity contribution >= 4 is 5.69 Å². The predicted octanol–water partition coefficient (Wildman–Crippen LogP) is 2.74. The second-order valence-corrected chi connectivity index (χ2v) is 4.16. The highest BCUT2D eigenvalue weighted by Crippen LogP contribution is 2.24. The molecule has 0 bridgehead atoms. The number of aromatic nitrogens is 2. The van der Waals surface area contributed by atoms with E-state index in [0.29, 0.717) is 5.69 Å². The maximum absolute atomic E-state index is 13.5. The molecule has 1 N–H and O–H groups in total. The maximum atomic E-state index is 13.5. The third-order valence-corrected chi connectivity index (χ3v) is 2.76. The Bertz CT molecular complexity index is 539. The first kappa shape index (κ1) is 12.4. The Morgan fingerprint density at radius 1 is 1.44 bits per heavy atom. The van der Waals surface area contributed by atoms with Gasteiger partial charge in [0.1, 0.15) is 0 Å². The summed E-state index contributed by atoms with van der Waals surface area (Å²) < 4.78 is 20.1. The first-order chi connectivity index (χ1) is 8.60. The number of benzene rings is 1. The summed E-state index contributed by atoms with van der Waals surface area (Å²) >= 11 is 0. The van der Waals surface area contributed by atoms with E-state index in [2.05, 4.69) is 10.4 Å². The van der Waals surface area contributed by atoms with Crippen molar-refractivity contribution in [3.63, 3.8) is 0 Å². The molecule has 1 heterocycles. The Hall–Kier alpha value is -2.04. The van der Waals surface area contributed by atoms with E-state index in [9.17, 15) is 4.39 Å². The minimum atomic E-state index is -0.374. The van der Waals surface area contributed by atoms with Crippen LogP contribution in [0.4, 0.5) is 10.1 Å². The van der Waals surface area contributed by atoms with Gasteiger partial charge in [0.25, 0.3) is 0 Å². The standard InChI is InChI=1S/C13H16FN3O/c1-9(10-7-15-17(2)8-10)16-11-4-5-13(18-3)12(14)6-11/h4-9,16H,1-3H3. The number of hydrogen-bond acceptors (Lipinski definition) is 3. The molecule has 0 amide bonds. The SMILES string of the molecule is COc1ccc(NC(C)c2cnn(C)c2)cc1F. The van der Waals surface area contributed by atoms with Crippen molar-refractivity contribution in [1.29, 1.82) is 0 Å². The van der Waals surface area contributed by atoms with Crippen molar-refractivity contribution in [2.24, 2.45) is 7.05 Å². The minimum absolute atomic E-state index is 0.0616. The second kappa shape index (κ2) is 5.08. The first-order valence-corrected chi connectivity index (χ1v) is 5.69. The van der Waals surface area contributed by atoms with Gasteiger partial charge in [-0.3, -0.25) is 4.68 Å². The van der Waals surface area contributed by atoms with Crippen LogP contribution in [0.15, 0.2) is 30.6 Å². The quantitative estimate of drug-likeness (QED) is 0.905. The Balaban J connectivity index is 2.12. The Morgan fingerprint density at radius 3 is 2.78 bits per heavy atom. The van der Waals surface area contributed by atoms with Crippen LogP contribution >= 0.6 is 0 Å². The average Bonchev–Trinajstić information content (AvgIpc) is 2.76. The molecule has 0 fully saturated rings. The molecule has 1 unspecified atom stereocenters. The van der Waals surface area contributed by atoms with Gasteiger partial charge in [0, 0.05) is 30.6 Å². The van der Waals surface area contributed by atoms with E-state index < -0.39 is 0 Å². The van der Waals surface area contributed by atoms with Gasteiger partial charge in [-0.1, -0.05) is 0 Å². The molecule has 0 aliphatic rings. The summed E-state index contributed by atoms with van der Waals surface area (Å²) in [6.45, 7) is 2.00. The van der Waals surface area contributed by atoms with Gasteiger partial charge in [0.2, 0.25) is 0 Å². The number of methoxy groups -OCH3 is 1. The van der Waals surface area contributed by atoms with Crippen molar-refractivity contribution < 1.29 is 9.13 Å². The highest BCUT2D eigenvalue weighted by atomic mass is 19.1. The first-order valence-electron chi connectivity index (χ1n) is 5.69. The molecular weight excluding hydrogens is 233 g/mol. The molecule has 96 valence electrons. The topological polar surface area (TPSA) is 39.1 Å². The van der Waals surface area contributed by atoms with E-state index >= 15 is 0 Å². The lowest BCUT2D eigenvalue weighted by Crippen LogP contribution is -2.06. The Kier molecular flexibility index (Phi) is 3.50. The lowest BCUT2D eigenvalue weighted by atomic mass is 10.2. The van der Waals surface area contributed by atoms with E-state index in [4.69, 9.17) is 4.74 Å². The van der Waals surface area contributed by atoms with Crippen LogP contribution in [0.1, 0.15) is 18.5 Å². The van der Waals surface area contributed by atoms with Gasteiger partial charge >= 0.3 is 0 Å². The number of rotatable bonds is 4. The zero-order valence-corrected chi connectivity index (χ0v) is 10.6. The lowest BCUT2D eigenvalue weighted by Gasteiger charge is -2.14. The largest absolute Gasteiger partial charge is 0.494 e. The average molecular weight is 249 g/mol. The van der Waals surface area contributed by atoms with Crippen molar-refractivity contribution in [2.75, 3.05) is 12.4 Å². The molecule has 0 aliphatic carbocycles. The second-order valence-electron chi connectivity index (χ2n) is 4.16. The van der Waals surface area contributed by atoms with Gasteiger partial charge in [0.05, 0.1) is 19.3 Å². The highest BCUT2D eigenvalue weighted by Gasteiger charge is 2.09. The van der Waals surface area contributed by atoms with E-state index in [1.54, 1.807) is 23.0 Å². The van der Waals surface area contributed by atoms with Crippen molar-refractivity contribution in [3.05, 3.63) is 42.0 Å². The Labute approximate surface area is 105 Å². The molecule has 0 saturated carbocycles. The normalized spacial score (nSPS) is 12.2. The van der Waals surface area contributed by atoms with Gasteiger partial charge in [-0.25, -0.2) is 4.39 Å². The summed E-state index contributed by atoms with van der Waals surface area (Å²) in [5, 5.41) is 7.32. The van der Waals surface area contributed by atoms with Crippen LogP contribution in [0.3, 0.4) is 0 Å². The Morgan fingerprint density at radius 2 is 2.22 bits per heavy atom. The van der Waals surface area contributed by atoms with Crippen molar-refractivity contribution in [2.45, 2.75) is 13.0 Å². The summed E-state index contributed by atoms with van der Waals surface area (Å²) in [5.41, 5.74) is 1.76. The molecule has 0 spiro atoms. The third kappa shape index (κ3) is 2.61. The zero-order chi connectivity index (χ0) is 13.1. The van der Waals surface area contributed by atoms with Crippen LogP contribution in [-0.4, -0.2) is 16.9 Å². The van der Waals surface area contributed by atoms with Crippen LogP contribution in [-0.2, 0) is 7.05 Å². The maximum Gasteiger partial charge on any atom is 0.167 e. The number of ether oxygens (including phenoxy) is 1. The van der Waals surface area contributed by atoms with Crippen LogP contribution in [0.2, 0.25) is 0 Å². The molecule has 0 aliphatic heterocycles. The minimum Gasteiger partial charge on any atom is -0.494 e. The smallest absolute Gasteiger partial charge is 0.167 e. The van der Waals surface area contributed by atoms with Gasteiger partial charge < -0.3 is 10.1 Å². The number of aryl methyl sites for hydroxylation is 1.